The molecule has 0 aromatic heterocycles. The molecule has 0 aromatic rings. The molecule has 0 aliphatic heterocycles. The van der Waals surface area contributed by atoms with Gasteiger partial charge in [0.15, 0.2) is 11.9 Å². The Hall–Kier alpha value is -0.430. The Morgan fingerprint density at radius 2 is 1.80 bits per heavy atom. The van der Waals surface area contributed by atoms with E-state index in [-0.39, 0.29) is 44.2 Å². The van der Waals surface area contributed by atoms with Crippen LogP contribution >= 0.6 is 24.8 Å². The van der Waals surface area contributed by atoms with Gasteiger partial charge in [0.2, 0.25) is 0 Å². The molecule has 0 amide bonds. The molecule has 1 unspecified atom stereocenters. The number of rotatable bonds is 5. The van der Waals surface area contributed by atoms with Crippen LogP contribution in [0.25, 0.3) is 0 Å². The van der Waals surface area contributed by atoms with E-state index in [0.29, 0.717) is 0 Å². The molecule has 0 spiro atoms. The lowest BCUT2D eigenvalue weighted by Crippen LogP contribution is -2.31. The minimum Gasteiger partial charge on any atom is -0.480 e. The molecular formula is C7H14Cl2F2N2O2. The number of carboxylic acid groups (broad SMARTS) is 1. The molecule has 0 aliphatic rings. The number of aliphatic carboxylic acids is 1. The highest BCUT2D eigenvalue weighted by molar-refractivity contribution is 5.85. The average Bonchev–Trinajstić information content (AvgIpc) is 2.11. The van der Waals surface area contributed by atoms with Gasteiger partial charge in [0.05, 0.1) is 0 Å². The van der Waals surface area contributed by atoms with Crippen LogP contribution < -0.4 is 11.5 Å². The van der Waals surface area contributed by atoms with Gasteiger partial charge in [-0.3, -0.25) is 4.79 Å². The highest BCUT2D eigenvalue weighted by atomic mass is 35.5. The standard InChI is InChI=1S/C7H12F2N2O2.2ClH/c8-4(2-1-3-10)5(9)6(11)7(12)13;;/h6H,1-3,10-11H2,(H,12,13);2*1H/b5-4-;;. The fraction of sp³-hybridized carbons (Fsp3) is 0.571. The van der Waals surface area contributed by atoms with Gasteiger partial charge >= 0.3 is 5.97 Å². The number of hydrogen-bond donors (Lipinski definition) is 3. The van der Waals surface area contributed by atoms with E-state index >= 15 is 0 Å². The van der Waals surface area contributed by atoms with E-state index in [9.17, 15) is 13.6 Å². The zero-order valence-electron chi connectivity index (χ0n) is 7.78. The summed E-state index contributed by atoms with van der Waals surface area (Å²) in [6.07, 6.45) is 0.0366. The Kier molecular flexibility index (Phi) is 13.5. The van der Waals surface area contributed by atoms with Crippen LogP contribution in [-0.4, -0.2) is 23.7 Å². The van der Waals surface area contributed by atoms with Gasteiger partial charge in [-0.1, -0.05) is 0 Å². The van der Waals surface area contributed by atoms with Crippen molar-refractivity contribution in [3.8, 4) is 0 Å². The Bertz CT molecular complexity index is 227. The third-order valence-corrected chi connectivity index (χ3v) is 1.40. The monoisotopic (exact) mass is 266 g/mol. The summed E-state index contributed by atoms with van der Waals surface area (Å²) in [4.78, 5) is 10.1. The van der Waals surface area contributed by atoms with Crippen LogP contribution in [-0.2, 0) is 4.79 Å². The first kappa shape index (κ1) is 20.0. The summed E-state index contributed by atoms with van der Waals surface area (Å²) in [5, 5.41) is 8.24. The second kappa shape index (κ2) is 10.1. The Morgan fingerprint density at radius 1 is 1.33 bits per heavy atom. The molecular weight excluding hydrogens is 253 g/mol. The van der Waals surface area contributed by atoms with Crippen molar-refractivity contribution in [3.63, 3.8) is 0 Å². The van der Waals surface area contributed by atoms with Crippen molar-refractivity contribution < 1.29 is 18.7 Å². The molecule has 0 aliphatic carbocycles. The quantitative estimate of drug-likeness (QED) is 0.696. The van der Waals surface area contributed by atoms with E-state index in [2.05, 4.69) is 0 Å². The van der Waals surface area contributed by atoms with Gasteiger partial charge in [-0.05, 0) is 13.0 Å². The number of allylic oxidation sites excluding steroid dienone is 1. The van der Waals surface area contributed by atoms with Gasteiger partial charge < -0.3 is 16.6 Å². The lowest BCUT2D eigenvalue weighted by Gasteiger charge is -2.04. The first-order chi connectivity index (χ1) is 6.00. The van der Waals surface area contributed by atoms with E-state index in [1.807, 2.05) is 0 Å². The van der Waals surface area contributed by atoms with Crippen molar-refractivity contribution in [2.24, 2.45) is 11.5 Å². The van der Waals surface area contributed by atoms with Crippen LogP contribution in [0.4, 0.5) is 8.78 Å². The molecule has 0 aromatic carbocycles. The summed E-state index contributed by atoms with van der Waals surface area (Å²) < 4.78 is 25.4. The molecule has 0 saturated heterocycles. The predicted octanol–water partition coefficient (Wildman–Crippen LogP) is 1.13. The zero-order chi connectivity index (χ0) is 10.4. The maximum Gasteiger partial charge on any atom is 0.327 e. The largest absolute Gasteiger partial charge is 0.480 e. The molecule has 0 fully saturated rings. The molecule has 0 rings (SSSR count). The Morgan fingerprint density at radius 3 is 2.13 bits per heavy atom. The maximum atomic E-state index is 12.7. The van der Waals surface area contributed by atoms with Crippen LogP contribution in [0.1, 0.15) is 12.8 Å². The first-order valence-electron chi connectivity index (χ1n) is 3.73. The van der Waals surface area contributed by atoms with Crippen LogP contribution in [0.15, 0.2) is 11.7 Å². The molecule has 0 saturated carbocycles. The van der Waals surface area contributed by atoms with E-state index < -0.39 is 23.7 Å². The van der Waals surface area contributed by atoms with Crippen molar-refractivity contribution >= 4 is 30.8 Å². The topological polar surface area (TPSA) is 89.3 Å². The van der Waals surface area contributed by atoms with Crippen LogP contribution in [0.2, 0.25) is 0 Å². The molecule has 0 radical (unpaired) electrons. The highest BCUT2D eigenvalue weighted by Gasteiger charge is 2.21. The van der Waals surface area contributed by atoms with E-state index in [4.69, 9.17) is 16.6 Å². The molecule has 0 heterocycles. The van der Waals surface area contributed by atoms with Crippen molar-refractivity contribution in [1.29, 1.82) is 0 Å². The first-order valence-corrected chi connectivity index (χ1v) is 3.73. The van der Waals surface area contributed by atoms with Gasteiger partial charge in [0, 0.05) is 6.42 Å². The third kappa shape index (κ3) is 7.49. The second-order valence-electron chi connectivity index (χ2n) is 2.46. The number of hydrogen-bond acceptors (Lipinski definition) is 3. The number of carboxylic acids is 1. The van der Waals surface area contributed by atoms with Crippen molar-refractivity contribution in [2.45, 2.75) is 18.9 Å². The molecule has 15 heavy (non-hydrogen) atoms. The molecule has 8 heteroatoms. The SMILES string of the molecule is Cl.Cl.NCCC/C(F)=C(/F)C(N)C(=O)O. The summed E-state index contributed by atoms with van der Waals surface area (Å²) in [7, 11) is 0. The van der Waals surface area contributed by atoms with Crippen molar-refractivity contribution in [1.82, 2.24) is 0 Å². The normalized spacial score (nSPS) is 13.1. The van der Waals surface area contributed by atoms with E-state index in [1.54, 1.807) is 0 Å². The molecule has 1 atom stereocenters. The summed E-state index contributed by atoms with van der Waals surface area (Å²) >= 11 is 0. The lowest BCUT2D eigenvalue weighted by molar-refractivity contribution is -0.138. The Balaban J connectivity index is -0.000000720. The number of nitrogens with two attached hydrogens (primary N) is 2. The van der Waals surface area contributed by atoms with Gasteiger partial charge in [-0.25, -0.2) is 8.78 Å². The summed E-state index contributed by atoms with van der Waals surface area (Å²) in [5.41, 5.74) is 9.88. The number of carbonyl (C=O) groups is 1. The Labute approximate surface area is 98.5 Å². The fourth-order valence-electron chi connectivity index (χ4n) is 0.654. The smallest absolute Gasteiger partial charge is 0.327 e. The average molecular weight is 267 g/mol. The van der Waals surface area contributed by atoms with E-state index in [0.717, 1.165) is 0 Å². The lowest BCUT2D eigenvalue weighted by atomic mass is 10.2. The van der Waals surface area contributed by atoms with Gasteiger partial charge in [0.25, 0.3) is 0 Å². The maximum absolute atomic E-state index is 12.7. The molecule has 92 valence electrons. The second-order valence-corrected chi connectivity index (χ2v) is 2.46. The summed E-state index contributed by atoms with van der Waals surface area (Å²) in [5.74, 6) is -4.17. The van der Waals surface area contributed by atoms with Crippen molar-refractivity contribution in [2.75, 3.05) is 6.54 Å². The summed E-state index contributed by atoms with van der Waals surface area (Å²) in [6.45, 7) is 0.211. The van der Waals surface area contributed by atoms with Crippen LogP contribution in [0, 0.1) is 0 Å². The highest BCUT2D eigenvalue weighted by Crippen LogP contribution is 2.16. The minimum absolute atomic E-state index is 0. The predicted molar refractivity (Wildman–Crippen MR) is 57.6 cm³/mol. The van der Waals surface area contributed by atoms with Crippen LogP contribution in [0.5, 0.6) is 0 Å². The minimum atomic E-state index is -1.92. The molecule has 5 N–H and O–H groups in total. The zero-order valence-corrected chi connectivity index (χ0v) is 9.41. The van der Waals surface area contributed by atoms with Crippen molar-refractivity contribution in [3.05, 3.63) is 11.7 Å². The van der Waals surface area contributed by atoms with Gasteiger partial charge in [-0.15, -0.1) is 24.8 Å². The van der Waals surface area contributed by atoms with Crippen LogP contribution in [0.3, 0.4) is 0 Å². The molecule has 0 bridgehead atoms. The summed E-state index contributed by atoms with van der Waals surface area (Å²) in [6, 6.07) is -1.92. The fourth-order valence-corrected chi connectivity index (χ4v) is 0.654. The van der Waals surface area contributed by atoms with Gasteiger partial charge in [0.1, 0.15) is 5.83 Å². The third-order valence-electron chi connectivity index (χ3n) is 1.40. The molecule has 4 nitrogen and oxygen atoms in total. The number of halogens is 4. The van der Waals surface area contributed by atoms with Gasteiger partial charge in [-0.2, -0.15) is 0 Å². The van der Waals surface area contributed by atoms with E-state index in [1.165, 1.54) is 0 Å².